The molecule has 1 aliphatic heterocycles. The van der Waals surface area contributed by atoms with Crippen LogP contribution in [0.2, 0.25) is 0 Å². The summed E-state index contributed by atoms with van der Waals surface area (Å²) in [6.07, 6.45) is 8.47. The van der Waals surface area contributed by atoms with Crippen LogP contribution in [0.15, 0.2) is 23.9 Å². The average Bonchev–Trinajstić information content (AvgIpc) is 2.56. The first-order valence-electron chi connectivity index (χ1n) is 5.46. The van der Waals surface area contributed by atoms with Gasteiger partial charge in [-0.3, -0.25) is 4.79 Å². The second-order valence-electron chi connectivity index (χ2n) is 4.16. The number of hydrogen-bond acceptors (Lipinski definition) is 1. The number of carbonyl (C=O) groups is 1. The van der Waals surface area contributed by atoms with Crippen molar-refractivity contribution in [2.24, 2.45) is 0 Å². The highest BCUT2D eigenvalue weighted by Crippen LogP contribution is 2.28. The van der Waals surface area contributed by atoms with E-state index in [-0.39, 0.29) is 5.91 Å². The lowest BCUT2D eigenvalue weighted by Gasteiger charge is -2.19. The average molecular weight is 191 g/mol. The van der Waals surface area contributed by atoms with E-state index in [2.05, 4.69) is 6.58 Å². The van der Waals surface area contributed by atoms with E-state index in [9.17, 15) is 4.79 Å². The van der Waals surface area contributed by atoms with Crippen molar-refractivity contribution in [1.82, 2.24) is 4.90 Å². The van der Waals surface area contributed by atoms with Crippen molar-refractivity contribution in [3.63, 3.8) is 0 Å². The highest BCUT2D eigenvalue weighted by atomic mass is 16.2. The smallest absolute Gasteiger partial charge is 0.226 e. The van der Waals surface area contributed by atoms with Gasteiger partial charge in [-0.1, -0.05) is 12.2 Å². The summed E-state index contributed by atoms with van der Waals surface area (Å²) in [5.74, 6) is 0.274. The molecule has 14 heavy (non-hydrogen) atoms. The molecule has 0 atom stereocenters. The van der Waals surface area contributed by atoms with Crippen LogP contribution in [0.3, 0.4) is 0 Å². The lowest BCUT2D eigenvalue weighted by molar-refractivity contribution is -0.125. The van der Waals surface area contributed by atoms with Crippen molar-refractivity contribution >= 4 is 5.91 Å². The van der Waals surface area contributed by atoms with Crippen molar-refractivity contribution in [3.05, 3.63) is 23.9 Å². The van der Waals surface area contributed by atoms with Gasteiger partial charge in [-0.05, 0) is 37.7 Å². The van der Waals surface area contributed by atoms with Gasteiger partial charge in [-0.25, -0.2) is 0 Å². The summed E-state index contributed by atoms with van der Waals surface area (Å²) in [6, 6.07) is 0. The quantitative estimate of drug-likeness (QED) is 0.624. The third kappa shape index (κ3) is 1.89. The minimum absolute atomic E-state index is 0.274. The maximum Gasteiger partial charge on any atom is 0.226 e. The summed E-state index contributed by atoms with van der Waals surface area (Å²) >= 11 is 0. The maximum atomic E-state index is 11.4. The van der Waals surface area contributed by atoms with Crippen LogP contribution < -0.4 is 0 Å². The fourth-order valence-corrected chi connectivity index (χ4v) is 2.14. The molecule has 2 heteroatoms. The van der Waals surface area contributed by atoms with Crippen LogP contribution in [0.1, 0.15) is 38.5 Å². The van der Waals surface area contributed by atoms with Crippen LogP contribution >= 0.6 is 0 Å². The molecule has 2 aliphatic rings. The zero-order valence-corrected chi connectivity index (χ0v) is 8.59. The monoisotopic (exact) mass is 191 g/mol. The lowest BCUT2D eigenvalue weighted by Crippen LogP contribution is -2.19. The molecular formula is C12H17NO. The molecule has 0 spiro atoms. The minimum atomic E-state index is 0.274. The highest BCUT2D eigenvalue weighted by Gasteiger charge is 2.19. The Kier molecular flexibility index (Phi) is 2.71. The van der Waals surface area contributed by atoms with Crippen molar-refractivity contribution in [2.45, 2.75) is 38.5 Å². The van der Waals surface area contributed by atoms with Gasteiger partial charge in [0, 0.05) is 19.2 Å². The SMILES string of the molecule is C=C1CCCC/C1=C/N1CCCC1=O. The van der Waals surface area contributed by atoms with Gasteiger partial charge in [0.15, 0.2) is 0 Å². The van der Waals surface area contributed by atoms with Crippen molar-refractivity contribution in [1.29, 1.82) is 0 Å². The summed E-state index contributed by atoms with van der Waals surface area (Å²) in [7, 11) is 0. The predicted octanol–water partition coefficient (Wildman–Crippen LogP) is 2.62. The Morgan fingerprint density at radius 1 is 1.14 bits per heavy atom. The number of hydrogen-bond donors (Lipinski definition) is 0. The van der Waals surface area contributed by atoms with Gasteiger partial charge in [0.05, 0.1) is 0 Å². The third-order valence-corrected chi connectivity index (χ3v) is 3.05. The second-order valence-corrected chi connectivity index (χ2v) is 4.16. The standard InChI is InChI=1S/C12H17NO/c1-10-5-2-3-6-11(10)9-13-8-4-7-12(13)14/h9H,1-8H2/b11-9-. The van der Waals surface area contributed by atoms with Gasteiger partial charge >= 0.3 is 0 Å². The number of likely N-dealkylation sites (tertiary alicyclic amines) is 1. The van der Waals surface area contributed by atoms with Crippen LogP contribution in [-0.4, -0.2) is 17.4 Å². The minimum Gasteiger partial charge on any atom is -0.319 e. The summed E-state index contributed by atoms with van der Waals surface area (Å²) in [4.78, 5) is 13.3. The van der Waals surface area contributed by atoms with Gasteiger partial charge < -0.3 is 4.90 Å². The molecule has 1 amide bonds. The molecule has 0 N–H and O–H groups in total. The Morgan fingerprint density at radius 2 is 1.93 bits per heavy atom. The number of nitrogens with zero attached hydrogens (tertiary/aromatic N) is 1. The molecule has 2 nitrogen and oxygen atoms in total. The lowest BCUT2D eigenvalue weighted by atomic mass is 9.91. The number of carbonyl (C=O) groups excluding carboxylic acids is 1. The molecule has 0 aromatic rings. The first-order valence-corrected chi connectivity index (χ1v) is 5.46. The number of allylic oxidation sites excluding steroid dienone is 2. The van der Waals surface area contributed by atoms with Crippen LogP contribution in [-0.2, 0) is 4.79 Å². The van der Waals surface area contributed by atoms with Crippen LogP contribution in [0.25, 0.3) is 0 Å². The molecule has 1 heterocycles. The molecule has 1 aliphatic carbocycles. The fourth-order valence-electron chi connectivity index (χ4n) is 2.14. The molecular weight excluding hydrogens is 174 g/mol. The van der Waals surface area contributed by atoms with Gasteiger partial charge in [-0.2, -0.15) is 0 Å². The first kappa shape index (κ1) is 9.50. The van der Waals surface area contributed by atoms with Crippen molar-refractivity contribution < 1.29 is 4.79 Å². The van der Waals surface area contributed by atoms with E-state index in [1.54, 1.807) is 0 Å². The van der Waals surface area contributed by atoms with Crippen LogP contribution in [0.4, 0.5) is 0 Å². The molecule has 2 rings (SSSR count). The van der Waals surface area contributed by atoms with E-state index < -0.39 is 0 Å². The van der Waals surface area contributed by atoms with Crippen LogP contribution in [0.5, 0.6) is 0 Å². The van der Waals surface area contributed by atoms with Gasteiger partial charge in [-0.15, -0.1) is 0 Å². The first-order chi connectivity index (χ1) is 6.77. The number of amides is 1. The molecule has 1 saturated heterocycles. The van der Waals surface area contributed by atoms with Crippen molar-refractivity contribution in [2.75, 3.05) is 6.54 Å². The maximum absolute atomic E-state index is 11.4. The summed E-state index contributed by atoms with van der Waals surface area (Å²) in [6.45, 7) is 4.95. The Morgan fingerprint density at radius 3 is 2.57 bits per heavy atom. The van der Waals surface area contributed by atoms with E-state index in [0.717, 1.165) is 32.2 Å². The molecule has 76 valence electrons. The predicted molar refractivity (Wildman–Crippen MR) is 56.6 cm³/mol. The summed E-state index contributed by atoms with van der Waals surface area (Å²) in [5.41, 5.74) is 2.53. The van der Waals surface area contributed by atoms with Gasteiger partial charge in [0.1, 0.15) is 0 Å². The van der Waals surface area contributed by atoms with E-state index in [1.165, 1.54) is 24.0 Å². The summed E-state index contributed by atoms with van der Waals surface area (Å²) < 4.78 is 0. The Bertz CT molecular complexity index is 291. The molecule has 1 saturated carbocycles. The van der Waals surface area contributed by atoms with E-state index in [0.29, 0.717) is 0 Å². The van der Waals surface area contributed by atoms with E-state index >= 15 is 0 Å². The van der Waals surface area contributed by atoms with E-state index in [1.807, 2.05) is 11.1 Å². The Balaban J connectivity index is 2.08. The van der Waals surface area contributed by atoms with Gasteiger partial charge in [0.2, 0.25) is 5.91 Å². The third-order valence-electron chi connectivity index (χ3n) is 3.05. The zero-order valence-electron chi connectivity index (χ0n) is 8.59. The molecule has 0 unspecified atom stereocenters. The number of rotatable bonds is 1. The second kappa shape index (κ2) is 3.99. The Hall–Kier alpha value is -1.05. The molecule has 0 bridgehead atoms. The molecule has 2 fully saturated rings. The molecule has 0 aromatic carbocycles. The Labute approximate surface area is 85.3 Å². The summed E-state index contributed by atoms with van der Waals surface area (Å²) in [5, 5.41) is 0. The molecule has 0 aromatic heterocycles. The van der Waals surface area contributed by atoms with Gasteiger partial charge in [0.25, 0.3) is 0 Å². The normalized spacial score (nSPS) is 26.3. The van der Waals surface area contributed by atoms with E-state index in [4.69, 9.17) is 0 Å². The molecule has 0 radical (unpaired) electrons. The van der Waals surface area contributed by atoms with Crippen LogP contribution in [0, 0.1) is 0 Å². The topological polar surface area (TPSA) is 20.3 Å². The highest BCUT2D eigenvalue weighted by molar-refractivity contribution is 5.79. The zero-order chi connectivity index (χ0) is 9.97. The largest absolute Gasteiger partial charge is 0.319 e. The van der Waals surface area contributed by atoms with Crippen molar-refractivity contribution in [3.8, 4) is 0 Å². The fraction of sp³-hybridized carbons (Fsp3) is 0.583.